The number of ether oxygens (including phenoxy) is 1. The summed E-state index contributed by atoms with van der Waals surface area (Å²) in [6.07, 6.45) is 2.71. The zero-order chi connectivity index (χ0) is 14.8. The molecule has 2 N–H and O–H groups in total. The average molecular weight is 291 g/mol. The molecule has 1 aromatic carbocycles. The first-order chi connectivity index (χ1) is 10.1. The molecule has 0 radical (unpaired) electrons. The molecule has 0 aromatic heterocycles. The number of nitro groups is 1. The summed E-state index contributed by atoms with van der Waals surface area (Å²) in [6, 6.07) is 3.44. The lowest BCUT2D eigenvalue weighted by molar-refractivity contribution is -0.383. The van der Waals surface area contributed by atoms with Crippen LogP contribution in [0.5, 0.6) is 0 Å². The molecule has 7 heteroatoms. The van der Waals surface area contributed by atoms with Gasteiger partial charge in [0.15, 0.2) is 0 Å². The second-order valence-corrected chi connectivity index (χ2v) is 5.36. The number of aryl methyl sites for hydroxylation is 1. The van der Waals surface area contributed by atoms with Crippen LogP contribution >= 0.6 is 0 Å². The van der Waals surface area contributed by atoms with Crippen molar-refractivity contribution >= 4 is 23.0 Å². The third-order valence-corrected chi connectivity index (χ3v) is 3.89. The third-order valence-electron chi connectivity index (χ3n) is 3.89. The minimum Gasteiger partial charge on any atom is -0.381 e. The number of nitrogens with zero attached hydrogens (tertiary/aromatic N) is 1. The van der Waals surface area contributed by atoms with E-state index in [4.69, 9.17) is 4.74 Å². The second-order valence-electron chi connectivity index (χ2n) is 5.36. The largest absolute Gasteiger partial charge is 0.381 e. The maximum Gasteiger partial charge on any atom is 0.294 e. The van der Waals surface area contributed by atoms with Gasteiger partial charge in [0.1, 0.15) is 5.69 Å². The van der Waals surface area contributed by atoms with Crippen LogP contribution in [0.25, 0.3) is 0 Å². The molecule has 2 heterocycles. The van der Waals surface area contributed by atoms with E-state index in [2.05, 4.69) is 10.6 Å². The Kier molecular flexibility index (Phi) is 3.74. The fraction of sp³-hybridized carbons (Fsp3) is 0.500. The molecule has 0 spiro atoms. The maximum atomic E-state index is 11.4. The smallest absolute Gasteiger partial charge is 0.294 e. The fourth-order valence-electron chi connectivity index (χ4n) is 2.75. The summed E-state index contributed by atoms with van der Waals surface area (Å²) in [6.45, 7) is 1.35. The van der Waals surface area contributed by atoms with Gasteiger partial charge in [-0.15, -0.1) is 0 Å². The Labute approximate surface area is 121 Å². The molecule has 7 nitrogen and oxygen atoms in total. The Morgan fingerprint density at radius 2 is 2.05 bits per heavy atom. The lowest BCUT2D eigenvalue weighted by Crippen LogP contribution is -2.28. The number of rotatable bonds is 3. The Balaban J connectivity index is 1.90. The number of anilines is 2. The lowest BCUT2D eigenvalue weighted by Gasteiger charge is -2.25. The predicted molar refractivity (Wildman–Crippen MR) is 77.5 cm³/mol. The van der Waals surface area contributed by atoms with Crippen LogP contribution in [0.15, 0.2) is 12.1 Å². The van der Waals surface area contributed by atoms with E-state index in [1.807, 2.05) is 0 Å². The molecule has 0 bridgehead atoms. The van der Waals surface area contributed by atoms with E-state index in [1.165, 1.54) is 6.07 Å². The van der Waals surface area contributed by atoms with Gasteiger partial charge in [0.2, 0.25) is 5.91 Å². The molecule has 0 aliphatic carbocycles. The summed E-state index contributed by atoms with van der Waals surface area (Å²) in [4.78, 5) is 22.2. The van der Waals surface area contributed by atoms with Crippen molar-refractivity contribution in [2.24, 2.45) is 0 Å². The van der Waals surface area contributed by atoms with Crippen LogP contribution in [0, 0.1) is 10.1 Å². The van der Waals surface area contributed by atoms with E-state index < -0.39 is 4.92 Å². The van der Waals surface area contributed by atoms with Gasteiger partial charge in [-0.3, -0.25) is 14.9 Å². The molecular weight excluding hydrogens is 274 g/mol. The number of carbonyl (C=O) groups excluding carboxylic acids is 1. The molecule has 0 atom stereocenters. The summed E-state index contributed by atoms with van der Waals surface area (Å²) in [5, 5.41) is 17.2. The number of nitro benzene ring substituents is 1. The summed E-state index contributed by atoms with van der Waals surface area (Å²) in [5.74, 6) is -0.0954. The van der Waals surface area contributed by atoms with Crippen molar-refractivity contribution in [2.45, 2.75) is 31.7 Å². The normalized spacial score (nSPS) is 18.8. The summed E-state index contributed by atoms with van der Waals surface area (Å²) in [5.41, 5.74) is 2.02. The molecule has 1 aromatic rings. The molecular formula is C14H17N3O4. The van der Waals surface area contributed by atoms with Gasteiger partial charge >= 0.3 is 0 Å². The van der Waals surface area contributed by atoms with Crippen molar-refractivity contribution in [3.05, 3.63) is 27.8 Å². The van der Waals surface area contributed by atoms with Crippen molar-refractivity contribution in [1.29, 1.82) is 0 Å². The first-order valence-electron chi connectivity index (χ1n) is 7.09. The molecule has 2 aliphatic rings. The topological polar surface area (TPSA) is 93.5 Å². The third kappa shape index (κ3) is 2.97. The molecule has 21 heavy (non-hydrogen) atoms. The maximum absolute atomic E-state index is 11.4. The number of amides is 1. The molecule has 1 amide bonds. The quantitative estimate of drug-likeness (QED) is 0.657. The summed E-state index contributed by atoms with van der Waals surface area (Å²) in [7, 11) is 0. The Hall–Kier alpha value is -2.15. The van der Waals surface area contributed by atoms with Crippen LogP contribution in [0.1, 0.15) is 24.8 Å². The molecule has 1 saturated heterocycles. The van der Waals surface area contributed by atoms with Crippen LogP contribution in [-0.2, 0) is 16.0 Å². The van der Waals surface area contributed by atoms with Crippen molar-refractivity contribution in [3.63, 3.8) is 0 Å². The molecule has 2 aliphatic heterocycles. The number of fused-ring (bicyclic) bond motifs is 1. The van der Waals surface area contributed by atoms with Gasteiger partial charge in [0.25, 0.3) is 5.69 Å². The zero-order valence-electron chi connectivity index (χ0n) is 11.6. The minimum absolute atomic E-state index is 0.00226. The van der Waals surface area contributed by atoms with Gasteiger partial charge in [0, 0.05) is 31.7 Å². The van der Waals surface area contributed by atoms with Crippen LogP contribution in [0.4, 0.5) is 17.1 Å². The molecule has 1 fully saturated rings. The second kappa shape index (κ2) is 5.69. The van der Waals surface area contributed by atoms with E-state index in [9.17, 15) is 14.9 Å². The molecule has 3 rings (SSSR count). The molecule has 0 unspecified atom stereocenters. The number of nitrogens with one attached hydrogen (secondary N) is 2. The average Bonchev–Trinajstić information content (AvgIpc) is 2.47. The highest BCUT2D eigenvalue weighted by Gasteiger charge is 2.24. The van der Waals surface area contributed by atoms with E-state index in [1.54, 1.807) is 6.07 Å². The van der Waals surface area contributed by atoms with Crippen molar-refractivity contribution < 1.29 is 14.5 Å². The SMILES string of the molecule is O=C1CCc2cc(NC3CCOCC3)c([N+](=O)[O-])cc2N1. The lowest BCUT2D eigenvalue weighted by atomic mass is 10.0. The van der Waals surface area contributed by atoms with Crippen LogP contribution in [0.3, 0.4) is 0 Å². The van der Waals surface area contributed by atoms with Crippen LogP contribution < -0.4 is 10.6 Å². The number of hydrogen-bond acceptors (Lipinski definition) is 5. The van der Waals surface area contributed by atoms with Gasteiger partial charge in [-0.05, 0) is 30.9 Å². The first-order valence-corrected chi connectivity index (χ1v) is 7.09. The predicted octanol–water partition coefficient (Wildman–Crippen LogP) is 2.07. The van der Waals surface area contributed by atoms with Crippen molar-refractivity contribution in [3.8, 4) is 0 Å². The first kappa shape index (κ1) is 13.8. The van der Waals surface area contributed by atoms with Gasteiger partial charge < -0.3 is 15.4 Å². The van der Waals surface area contributed by atoms with Gasteiger partial charge in [-0.2, -0.15) is 0 Å². The molecule has 0 saturated carbocycles. The Bertz CT molecular complexity index is 582. The van der Waals surface area contributed by atoms with Crippen molar-refractivity contribution in [1.82, 2.24) is 0 Å². The summed E-state index contributed by atoms with van der Waals surface area (Å²) < 4.78 is 5.30. The van der Waals surface area contributed by atoms with E-state index >= 15 is 0 Å². The van der Waals surface area contributed by atoms with E-state index in [0.717, 1.165) is 18.4 Å². The van der Waals surface area contributed by atoms with E-state index in [0.29, 0.717) is 37.4 Å². The van der Waals surface area contributed by atoms with Crippen LogP contribution in [-0.4, -0.2) is 30.1 Å². The number of benzene rings is 1. The zero-order valence-corrected chi connectivity index (χ0v) is 11.6. The Morgan fingerprint density at radius 1 is 1.29 bits per heavy atom. The Morgan fingerprint density at radius 3 is 2.76 bits per heavy atom. The summed E-state index contributed by atoms with van der Waals surface area (Å²) >= 11 is 0. The van der Waals surface area contributed by atoms with Crippen LogP contribution in [0.2, 0.25) is 0 Å². The number of hydrogen-bond donors (Lipinski definition) is 2. The van der Waals surface area contributed by atoms with Gasteiger partial charge in [-0.1, -0.05) is 0 Å². The molecule has 112 valence electrons. The highest BCUT2D eigenvalue weighted by atomic mass is 16.6. The van der Waals surface area contributed by atoms with Gasteiger partial charge in [0.05, 0.1) is 10.6 Å². The monoisotopic (exact) mass is 291 g/mol. The standard InChI is InChI=1S/C14H17N3O4/c18-14-2-1-9-7-12(15-10-3-5-21-6-4-10)13(17(19)20)8-11(9)16-14/h7-8,10,15H,1-6H2,(H,16,18). The highest BCUT2D eigenvalue weighted by Crippen LogP contribution is 2.35. The van der Waals surface area contributed by atoms with Gasteiger partial charge in [-0.25, -0.2) is 0 Å². The minimum atomic E-state index is -0.414. The number of carbonyl (C=O) groups is 1. The van der Waals surface area contributed by atoms with E-state index in [-0.39, 0.29) is 17.6 Å². The van der Waals surface area contributed by atoms with Crippen molar-refractivity contribution in [2.75, 3.05) is 23.8 Å². The highest BCUT2D eigenvalue weighted by molar-refractivity contribution is 5.95. The fourth-order valence-corrected chi connectivity index (χ4v) is 2.75.